The first kappa shape index (κ1) is 17.7. The molecule has 0 bridgehead atoms. The summed E-state index contributed by atoms with van der Waals surface area (Å²) in [4.78, 5) is 4.14. The normalized spacial score (nSPS) is 20.2. The Balaban J connectivity index is 1.74. The van der Waals surface area contributed by atoms with Crippen LogP contribution in [0.1, 0.15) is 12.2 Å². The zero-order valence-electron chi connectivity index (χ0n) is 13.4. The largest absolute Gasteiger partial charge is 0.463 e. The highest BCUT2D eigenvalue weighted by molar-refractivity contribution is 7.14. The molecule has 1 atom stereocenters. The van der Waals surface area contributed by atoms with Crippen LogP contribution in [0, 0.1) is 5.82 Å². The predicted octanol–water partition coefficient (Wildman–Crippen LogP) is 4.41. The molecule has 1 aliphatic heterocycles. The molecule has 27 heavy (non-hydrogen) atoms. The first-order valence-corrected chi connectivity index (χ1v) is 8.58. The van der Waals surface area contributed by atoms with E-state index in [1.807, 2.05) is 0 Å². The van der Waals surface area contributed by atoms with Crippen LogP contribution in [0.5, 0.6) is 0 Å². The molecular formula is C17H11F4N3O2S. The van der Waals surface area contributed by atoms with Gasteiger partial charge in [-0.25, -0.2) is 9.37 Å². The van der Waals surface area contributed by atoms with Crippen molar-refractivity contribution < 1.29 is 27.1 Å². The first-order chi connectivity index (χ1) is 12.8. The third-order valence-electron chi connectivity index (χ3n) is 4.06. The highest BCUT2D eigenvalue weighted by atomic mass is 32.1. The van der Waals surface area contributed by atoms with E-state index in [9.17, 15) is 22.7 Å². The Labute approximate surface area is 154 Å². The van der Waals surface area contributed by atoms with Crippen LogP contribution in [-0.2, 0) is 0 Å². The molecule has 5 nitrogen and oxygen atoms in total. The summed E-state index contributed by atoms with van der Waals surface area (Å²) in [6.07, 6.45) is -4.47. The highest BCUT2D eigenvalue weighted by Gasteiger charge is 2.63. The molecule has 2 aromatic heterocycles. The van der Waals surface area contributed by atoms with Crippen molar-refractivity contribution in [3.05, 3.63) is 59.6 Å². The fourth-order valence-electron chi connectivity index (χ4n) is 2.66. The summed E-state index contributed by atoms with van der Waals surface area (Å²) in [6, 6.07) is 8.36. The number of hydrogen-bond donors (Lipinski definition) is 1. The van der Waals surface area contributed by atoms with Crippen LogP contribution < -0.4 is 5.01 Å². The van der Waals surface area contributed by atoms with E-state index in [0.29, 0.717) is 16.3 Å². The smallest absolute Gasteiger partial charge is 0.438 e. The molecule has 0 saturated carbocycles. The summed E-state index contributed by atoms with van der Waals surface area (Å²) in [5.74, 6) is -0.302. The number of hydrogen-bond acceptors (Lipinski definition) is 6. The molecule has 0 saturated heterocycles. The van der Waals surface area contributed by atoms with Gasteiger partial charge in [-0.3, -0.25) is 0 Å². The number of rotatable bonds is 3. The summed E-state index contributed by atoms with van der Waals surface area (Å²) in [7, 11) is 0. The van der Waals surface area contributed by atoms with Crippen molar-refractivity contribution in [1.29, 1.82) is 0 Å². The number of nitrogens with zero attached hydrogens (tertiary/aromatic N) is 3. The Kier molecular flexibility index (Phi) is 4.04. The molecule has 1 N–H and O–H groups in total. The lowest BCUT2D eigenvalue weighted by atomic mass is 10.1. The minimum Gasteiger partial charge on any atom is -0.463 e. The van der Waals surface area contributed by atoms with Crippen molar-refractivity contribution >= 4 is 22.2 Å². The van der Waals surface area contributed by atoms with Crippen LogP contribution in [0.25, 0.3) is 11.3 Å². The van der Waals surface area contributed by atoms with E-state index < -0.39 is 24.1 Å². The molecule has 1 aliphatic rings. The van der Waals surface area contributed by atoms with Crippen LogP contribution in [-0.4, -0.2) is 27.7 Å². The SMILES string of the molecule is OC1(C(F)(F)F)CC(c2ccco2)=NN1c1nc(-c2ccc(F)cc2)cs1. The average Bonchev–Trinajstić information content (AvgIpc) is 3.34. The number of aromatic nitrogens is 1. The number of anilines is 1. The number of benzene rings is 1. The Bertz CT molecular complexity index is 983. The Morgan fingerprint density at radius 3 is 2.56 bits per heavy atom. The minimum absolute atomic E-state index is 0.0432. The van der Waals surface area contributed by atoms with Gasteiger partial charge >= 0.3 is 6.18 Å². The quantitative estimate of drug-likeness (QED) is 0.665. The number of alkyl halides is 3. The maximum atomic E-state index is 13.6. The molecule has 1 aromatic carbocycles. The van der Waals surface area contributed by atoms with Gasteiger partial charge in [0.2, 0.25) is 5.13 Å². The number of thiazole rings is 1. The van der Waals surface area contributed by atoms with E-state index in [2.05, 4.69) is 10.1 Å². The molecule has 3 aromatic rings. The average molecular weight is 397 g/mol. The second-order valence-corrected chi connectivity index (χ2v) is 6.69. The third-order valence-corrected chi connectivity index (χ3v) is 4.87. The second kappa shape index (κ2) is 6.17. The van der Waals surface area contributed by atoms with Gasteiger partial charge in [0.05, 0.1) is 18.4 Å². The molecule has 140 valence electrons. The van der Waals surface area contributed by atoms with Gasteiger partial charge in [-0.05, 0) is 36.4 Å². The summed E-state index contributed by atoms with van der Waals surface area (Å²) in [5.41, 5.74) is -2.41. The van der Waals surface area contributed by atoms with Crippen LogP contribution in [0.4, 0.5) is 22.7 Å². The van der Waals surface area contributed by atoms with Crippen LogP contribution >= 0.6 is 11.3 Å². The van der Waals surface area contributed by atoms with E-state index in [0.717, 1.165) is 11.3 Å². The molecule has 0 radical (unpaired) electrons. The Hall–Kier alpha value is -2.72. The standard InChI is InChI=1S/C17H11F4N3O2S/c18-11-5-3-10(4-6-11)13-9-27-15(22-13)24-16(25,17(19,20)21)8-12(23-24)14-2-1-7-26-14/h1-7,9,25H,8H2. The molecule has 0 fully saturated rings. The fourth-order valence-corrected chi connectivity index (χ4v) is 3.51. The van der Waals surface area contributed by atoms with Crippen molar-refractivity contribution in [1.82, 2.24) is 4.98 Å². The summed E-state index contributed by atoms with van der Waals surface area (Å²) in [5, 5.41) is 16.1. The monoisotopic (exact) mass is 397 g/mol. The van der Waals surface area contributed by atoms with Crippen molar-refractivity contribution in [2.24, 2.45) is 5.10 Å². The molecule has 4 rings (SSSR count). The molecular weight excluding hydrogens is 386 g/mol. The number of hydrazone groups is 1. The number of halogens is 4. The molecule has 1 unspecified atom stereocenters. The van der Waals surface area contributed by atoms with Crippen molar-refractivity contribution in [2.45, 2.75) is 18.3 Å². The summed E-state index contributed by atoms with van der Waals surface area (Å²) < 4.78 is 59.0. The lowest BCUT2D eigenvalue weighted by Crippen LogP contribution is -2.55. The van der Waals surface area contributed by atoms with Crippen molar-refractivity contribution in [3.63, 3.8) is 0 Å². The van der Waals surface area contributed by atoms with Crippen LogP contribution in [0.2, 0.25) is 0 Å². The Morgan fingerprint density at radius 2 is 1.93 bits per heavy atom. The van der Waals surface area contributed by atoms with E-state index in [1.165, 1.54) is 48.0 Å². The van der Waals surface area contributed by atoms with E-state index in [4.69, 9.17) is 4.42 Å². The summed E-state index contributed by atoms with van der Waals surface area (Å²) in [6.45, 7) is 0. The van der Waals surface area contributed by atoms with Crippen LogP contribution in [0.15, 0.2) is 57.6 Å². The van der Waals surface area contributed by atoms with Gasteiger partial charge in [-0.15, -0.1) is 11.3 Å². The molecule has 10 heteroatoms. The fraction of sp³-hybridized carbons (Fsp3) is 0.176. The first-order valence-electron chi connectivity index (χ1n) is 7.70. The van der Waals surface area contributed by atoms with Gasteiger partial charge in [-0.1, -0.05) is 0 Å². The van der Waals surface area contributed by atoms with Crippen molar-refractivity contribution in [3.8, 4) is 11.3 Å². The second-order valence-electron chi connectivity index (χ2n) is 5.85. The summed E-state index contributed by atoms with van der Waals surface area (Å²) >= 11 is 0.887. The molecule has 3 heterocycles. The molecule has 0 spiro atoms. The van der Waals surface area contributed by atoms with Crippen molar-refractivity contribution in [2.75, 3.05) is 5.01 Å². The van der Waals surface area contributed by atoms with Gasteiger partial charge in [0.25, 0.3) is 5.72 Å². The number of aliphatic hydroxyl groups is 1. The lowest BCUT2D eigenvalue weighted by molar-refractivity contribution is -0.254. The van der Waals surface area contributed by atoms with Gasteiger partial charge in [0, 0.05) is 10.9 Å². The van der Waals surface area contributed by atoms with Gasteiger partial charge in [0.1, 0.15) is 17.3 Å². The molecule has 0 aliphatic carbocycles. The van der Waals surface area contributed by atoms with E-state index in [1.54, 1.807) is 0 Å². The Morgan fingerprint density at radius 1 is 1.19 bits per heavy atom. The van der Waals surface area contributed by atoms with Crippen LogP contribution in [0.3, 0.4) is 0 Å². The van der Waals surface area contributed by atoms with E-state index >= 15 is 0 Å². The van der Waals surface area contributed by atoms with Gasteiger partial charge in [0.15, 0.2) is 0 Å². The highest BCUT2D eigenvalue weighted by Crippen LogP contribution is 2.45. The van der Waals surface area contributed by atoms with Gasteiger partial charge < -0.3 is 9.52 Å². The topological polar surface area (TPSA) is 61.9 Å². The molecule has 0 amide bonds. The lowest BCUT2D eigenvalue weighted by Gasteiger charge is -2.32. The van der Waals surface area contributed by atoms with Gasteiger partial charge in [-0.2, -0.15) is 23.3 Å². The number of furan rings is 1. The predicted molar refractivity (Wildman–Crippen MR) is 90.9 cm³/mol. The zero-order valence-corrected chi connectivity index (χ0v) is 14.3. The minimum atomic E-state index is -4.98. The van der Waals surface area contributed by atoms with E-state index in [-0.39, 0.29) is 16.6 Å². The third kappa shape index (κ3) is 3.00. The maximum absolute atomic E-state index is 13.6. The zero-order chi connectivity index (χ0) is 19.2. The maximum Gasteiger partial charge on any atom is 0.438 e.